The van der Waals surface area contributed by atoms with Crippen LogP contribution in [-0.4, -0.2) is 30.4 Å². The highest BCUT2D eigenvalue weighted by Crippen LogP contribution is 2.27. The van der Waals surface area contributed by atoms with Crippen LogP contribution in [0.3, 0.4) is 0 Å². The number of nitrogens with one attached hydrogen (secondary N) is 1. The van der Waals surface area contributed by atoms with Gasteiger partial charge in [-0.15, -0.1) is 0 Å². The summed E-state index contributed by atoms with van der Waals surface area (Å²) in [4.78, 5) is 37.8. The van der Waals surface area contributed by atoms with Gasteiger partial charge in [-0.1, -0.05) is 30.3 Å². The maximum absolute atomic E-state index is 12.8. The first kappa shape index (κ1) is 19.6. The molecule has 0 aliphatic carbocycles. The average molecular weight is 380 g/mol. The van der Waals surface area contributed by atoms with Crippen molar-refractivity contribution in [1.82, 2.24) is 0 Å². The zero-order valence-electron chi connectivity index (χ0n) is 16.1. The Balaban J connectivity index is 1.58. The predicted octanol–water partition coefficient (Wildman–Crippen LogP) is 3.10. The highest BCUT2D eigenvalue weighted by molar-refractivity contribution is 5.98. The molecule has 1 aliphatic rings. The van der Waals surface area contributed by atoms with E-state index in [1.165, 1.54) is 6.92 Å². The van der Waals surface area contributed by atoms with E-state index >= 15 is 0 Å². The minimum Gasteiger partial charge on any atom is -0.452 e. The van der Waals surface area contributed by atoms with E-state index < -0.39 is 12.1 Å². The molecule has 2 aromatic rings. The van der Waals surface area contributed by atoms with Crippen LogP contribution >= 0.6 is 0 Å². The third-order valence-corrected chi connectivity index (χ3v) is 4.66. The summed E-state index contributed by atoms with van der Waals surface area (Å²) < 4.78 is 5.38. The fraction of sp³-hybridized carbons (Fsp3) is 0.318. The summed E-state index contributed by atoms with van der Waals surface area (Å²) in [7, 11) is 0. The molecule has 2 aromatic carbocycles. The van der Waals surface area contributed by atoms with Gasteiger partial charge in [-0.25, -0.2) is 0 Å². The monoisotopic (exact) mass is 380 g/mol. The van der Waals surface area contributed by atoms with Gasteiger partial charge >= 0.3 is 5.97 Å². The molecule has 1 aliphatic heterocycles. The SMILES string of the molecule is CC(=O)Nc1ccc(CC(=O)OC(C)C(=O)N2CCCc3ccccc32)cc1. The van der Waals surface area contributed by atoms with Gasteiger partial charge in [0.1, 0.15) is 0 Å². The van der Waals surface area contributed by atoms with Gasteiger partial charge in [0.05, 0.1) is 6.42 Å². The molecule has 1 unspecified atom stereocenters. The zero-order chi connectivity index (χ0) is 20.1. The Morgan fingerprint density at radius 2 is 1.82 bits per heavy atom. The number of esters is 1. The van der Waals surface area contributed by atoms with Crippen LogP contribution in [0.5, 0.6) is 0 Å². The number of hydrogen-bond acceptors (Lipinski definition) is 4. The van der Waals surface area contributed by atoms with Crippen molar-refractivity contribution in [2.75, 3.05) is 16.8 Å². The molecule has 0 saturated heterocycles. The molecule has 0 saturated carbocycles. The van der Waals surface area contributed by atoms with E-state index in [4.69, 9.17) is 4.74 Å². The summed E-state index contributed by atoms with van der Waals surface area (Å²) in [6.07, 6.45) is 1.05. The molecule has 0 bridgehead atoms. The van der Waals surface area contributed by atoms with Crippen LogP contribution in [-0.2, 0) is 32.0 Å². The Labute approximate surface area is 164 Å². The van der Waals surface area contributed by atoms with Crippen molar-refractivity contribution in [3.8, 4) is 0 Å². The molecule has 1 atom stereocenters. The van der Waals surface area contributed by atoms with Crippen molar-refractivity contribution in [3.63, 3.8) is 0 Å². The summed E-state index contributed by atoms with van der Waals surface area (Å²) in [5.41, 5.74) is 3.45. The van der Waals surface area contributed by atoms with Crippen LogP contribution in [0.15, 0.2) is 48.5 Å². The summed E-state index contributed by atoms with van der Waals surface area (Å²) in [6, 6.07) is 14.8. The van der Waals surface area contributed by atoms with Crippen LogP contribution in [0.1, 0.15) is 31.4 Å². The maximum Gasteiger partial charge on any atom is 0.311 e. The predicted molar refractivity (Wildman–Crippen MR) is 107 cm³/mol. The fourth-order valence-electron chi connectivity index (χ4n) is 3.35. The molecule has 28 heavy (non-hydrogen) atoms. The summed E-state index contributed by atoms with van der Waals surface area (Å²) in [6.45, 7) is 3.67. The molecule has 2 amide bonds. The molecule has 146 valence electrons. The van der Waals surface area contributed by atoms with Crippen LogP contribution in [0, 0.1) is 0 Å². The first-order valence-electron chi connectivity index (χ1n) is 9.39. The van der Waals surface area contributed by atoms with Crippen LogP contribution in [0.25, 0.3) is 0 Å². The molecular weight excluding hydrogens is 356 g/mol. The second-order valence-corrected chi connectivity index (χ2v) is 6.91. The van der Waals surface area contributed by atoms with Gasteiger partial charge in [0.2, 0.25) is 5.91 Å². The number of ether oxygens (including phenoxy) is 1. The maximum atomic E-state index is 12.8. The van der Waals surface area contributed by atoms with Crippen molar-refractivity contribution in [1.29, 1.82) is 0 Å². The van der Waals surface area contributed by atoms with Gasteiger partial charge in [0.25, 0.3) is 5.91 Å². The Bertz CT molecular complexity index is 876. The smallest absolute Gasteiger partial charge is 0.311 e. The number of benzene rings is 2. The van der Waals surface area contributed by atoms with Crippen molar-refractivity contribution in [2.24, 2.45) is 0 Å². The highest BCUT2D eigenvalue weighted by atomic mass is 16.5. The molecule has 0 spiro atoms. The van der Waals surface area contributed by atoms with E-state index in [0.29, 0.717) is 12.2 Å². The van der Waals surface area contributed by atoms with E-state index in [1.54, 1.807) is 36.1 Å². The molecule has 3 rings (SSSR count). The van der Waals surface area contributed by atoms with Gasteiger partial charge in [-0.3, -0.25) is 14.4 Å². The molecular formula is C22H24N2O4. The number of aryl methyl sites for hydroxylation is 1. The Kier molecular flexibility index (Phi) is 6.09. The standard InChI is InChI=1S/C22H24N2O4/c1-15(22(27)24-13-5-7-18-6-3-4-8-20(18)24)28-21(26)14-17-9-11-19(12-10-17)23-16(2)25/h3-4,6,8-12,15H,5,7,13-14H2,1-2H3,(H,23,25). The van der Waals surface area contributed by atoms with Gasteiger partial charge in [0.15, 0.2) is 6.10 Å². The van der Waals surface area contributed by atoms with Gasteiger partial charge < -0.3 is 15.0 Å². The second kappa shape index (κ2) is 8.69. The number of nitrogens with zero attached hydrogens (tertiary/aromatic N) is 1. The number of rotatable bonds is 5. The van der Waals surface area contributed by atoms with Crippen molar-refractivity contribution >= 4 is 29.2 Å². The van der Waals surface area contributed by atoms with Gasteiger partial charge in [-0.2, -0.15) is 0 Å². The molecule has 0 radical (unpaired) electrons. The second-order valence-electron chi connectivity index (χ2n) is 6.91. The normalized spacial score (nSPS) is 14.0. The van der Waals surface area contributed by atoms with Gasteiger partial charge in [0, 0.05) is 24.8 Å². The van der Waals surface area contributed by atoms with E-state index in [1.807, 2.05) is 24.3 Å². The summed E-state index contributed by atoms with van der Waals surface area (Å²) in [5.74, 6) is -0.821. The lowest BCUT2D eigenvalue weighted by molar-refractivity contribution is -0.153. The number of fused-ring (bicyclic) bond motifs is 1. The van der Waals surface area contributed by atoms with E-state index in [0.717, 1.165) is 29.7 Å². The van der Waals surface area contributed by atoms with Crippen LogP contribution in [0.2, 0.25) is 0 Å². The fourth-order valence-corrected chi connectivity index (χ4v) is 3.35. The lowest BCUT2D eigenvalue weighted by atomic mass is 10.0. The Hall–Kier alpha value is -3.15. The molecule has 1 N–H and O–H groups in total. The van der Waals surface area contributed by atoms with Crippen molar-refractivity contribution < 1.29 is 19.1 Å². The minimum absolute atomic E-state index is 0.0640. The van der Waals surface area contributed by atoms with Crippen molar-refractivity contribution in [3.05, 3.63) is 59.7 Å². The Morgan fingerprint density at radius 1 is 1.11 bits per heavy atom. The topological polar surface area (TPSA) is 75.7 Å². The molecule has 6 nitrogen and oxygen atoms in total. The first-order chi connectivity index (χ1) is 13.4. The first-order valence-corrected chi connectivity index (χ1v) is 9.39. The van der Waals surface area contributed by atoms with E-state index in [-0.39, 0.29) is 18.2 Å². The minimum atomic E-state index is -0.850. The van der Waals surface area contributed by atoms with E-state index in [9.17, 15) is 14.4 Å². The third-order valence-electron chi connectivity index (χ3n) is 4.66. The lowest BCUT2D eigenvalue weighted by Crippen LogP contribution is -2.42. The summed E-state index contributed by atoms with van der Waals surface area (Å²) in [5, 5.41) is 2.67. The number of hydrogen-bond donors (Lipinski definition) is 1. The summed E-state index contributed by atoms with van der Waals surface area (Å²) >= 11 is 0. The highest BCUT2D eigenvalue weighted by Gasteiger charge is 2.28. The van der Waals surface area contributed by atoms with Gasteiger partial charge in [-0.05, 0) is 49.1 Å². The van der Waals surface area contributed by atoms with Crippen LogP contribution in [0.4, 0.5) is 11.4 Å². The van der Waals surface area contributed by atoms with Crippen LogP contribution < -0.4 is 10.2 Å². The largest absolute Gasteiger partial charge is 0.452 e. The molecule has 1 heterocycles. The van der Waals surface area contributed by atoms with E-state index in [2.05, 4.69) is 5.32 Å². The molecule has 0 fully saturated rings. The molecule has 6 heteroatoms. The quantitative estimate of drug-likeness (QED) is 0.809. The Morgan fingerprint density at radius 3 is 2.54 bits per heavy atom. The number of carbonyl (C=O) groups excluding carboxylic acids is 3. The molecule has 0 aromatic heterocycles. The lowest BCUT2D eigenvalue weighted by Gasteiger charge is -2.31. The third kappa shape index (κ3) is 4.76. The number of para-hydroxylation sites is 1. The number of anilines is 2. The number of amides is 2. The zero-order valence-corrected chi connectivity index (χ0v) is 16.1. The average Bonchev–Trinajstić information content (AvgIpc) is 2.68. The number of carbonyl (C=O) groups is 3. The van der Waals surface area contributed by atoms with Crippen molar-refractivity contribution in [2.45, 2.75) is 39.2 Å².